The van der Waals surface area contributed by atoms with Crippen molar-refractivity contribution >= 4 is 11.6 Å². The Balaban J connectivity index is 1.49. The van der Waals surface area contributed by atoms with E-state index in [4.69, 9.17) is 4.52 Å². The average Bonchev–Trinajstić information content (AvgIpc) is 3.22. The minimum absolute atomic E-state index is 0.0959. The molecule has 2 atom stereocenters. The number of amides is 1. The van der Waals surface area contributed by atoms with E-state index in [-0.39, 0.29) is 23.8 Å². The molecule has 1 aromatic carbocycles. The Hall–Kier alpha value is -2.28. The normalized spacial score (nSPS) is 22.0. The number of carbonyl (C=O) groups is 1. The van der Waals surface area contributed by atoms with Crippen molar-refractivity contribution in [3.05, 3.63) is 41.8 Å². The summed E-state index contributed by atoms with van der Waals surface area (Å²) in [5.41, 5.74) is 0.338. The molecule has 2 heterocycles. The highest BCUT2D eigenvalue weighted by molar-refractivity contribution is 5.99. The molecule has 1 saturated heterocycles. The molecule has 2 aromatic rings. The lowest BCUT2D eigenvalue weighted by Crippen LogP contribution is -2.41. The summed E-state index contributed by atoms with van der Waals surface area (Å²) in [5, 5.41) is 4.04. The fourth-order valence-electron chi connectivity index (χ4n) is 3.32. The molecular formula is C18H21FN4O2. The predicted molar refractivity (Wildman–Crippen MR) is 89.6 cm³/mol. The van der Waals surface area contributed by atoms with Gasteiger partial charge in [0.05, 0.1) is 17.8 Å². The zero-order valence-corrected chi connectivity index (χ0v) is 14.4. The number of anilines is 1. The number of benzene rings is 1. The first kappa shape index (κ1) is 16.2. The van der Waals surface area contributed by atoms with Gasteiger partial charge >= 0.3 is 0 Å². The van der Waals surface area contributed by atoms with Gasteiger partial charge in [-0.3, -0.25) is 9.69 Å². The summed E-state index contributed by atoms with van der Waals surface area (Å²) in [6.07, 6.45) is 2.86. The van der Waals surface area contributed by atoms with Crippen molar-refractivity contribution in [3.63, 3.8) is 0 Å². The third kappa shape index (κ3) is 2.93. The highest BCUT2D eigenvalue weighted by Gasteiger charge is 2.39. The van der Waals surface area contributed by atoms with Crippen LogP contribution in [0.1, 0.15) is 49.9 Å². The number of rotatable bonds is 5. The van der Waals surface area contributed by atoms with Crippen LogP contribution < -0.4 is 4.90 Å². The summed E-state index contributed by atoms with van der Waals surface area (Å²) in [6, 6.07) is 5.88. The van der Waals surface area contributed by atoms with Gasteiger partial charge in [-0.15, -0.1) is 0 Å². The summed E-state index contributed by atoms with van der Waals surface area (Å²) >= 11 is 0. The maximum atomic E-state index is 14.0. The molecule has 1 aliphatic heterocycles. The number of carbonyl (C=O) groups excluding carboxylic acids is 1. The number of para-hydroxylation sites is 1. The van der Waals surface area contributed by atoms with Crippen molar-refractivity contribution < 1.29 is 13.7 Å². The van der Waals surface area contributed by atoms with Gasteiger partial charge in [-0.05, 0) is 45.4 Å². The van der Waals surface area contributed by atoms with E-state index in [1.807, 2.05) is 18.9 Å². The van der Waals surface area contributed by atoms with Crippen molar-refractivity contribution in [3.8, 4) is 0 Å². The Morgan fingerprint density at radius 3 is 2.80 bits per heavy atom. The topological polar surface area (TPSA) is 62.5 Å². The first-order valence-electron chi connectivity index (χ1n) is 8.67. The fraction of sp³-hybridized carbons (Fsp3) is 0.500. The van der Waals surface area contributed by atoms with Crippen LogP contribution in [0.5, 0.6) is 0 Å². The fourth-order valence-corrected chi connectivity index (χ4v) is 3.32. The monoisotopic (exact) mass is 344 g/mol. The Morgan fingerprint density at radius 1 is 1.32 bits per heavy atom. The molecule has 1 saturated carbocycles. The molecule has 1 aliphatic carbocycles. The van der Waals surface area contributed by atoms with Gasteiger partial charge in [-0.25, -0.2) is 4.39 Å². The van der Waals surface area contributed by atoms with Gasteiger partial charge in [0.15, 0.2) is 5.82 Å². The summed E-state index contributed by atoms with van der Waals surface area (Å²) in [7, 11) is 1.87. The van der Waals surface area contributed by atoms with Gasteiger partial charge in [0.1, 0.15) is 5.82 Å². The van der Waals surface area contributed by atoms with Crippen LogP contribution >= 0.6 is 0 Å². The molecule has 4 rings (SSSR count). The lowest BCUT2D eigenvalue weighted by Gasteiger charge is -2.27. The molecule has 25 heavy (non-hydrogen) atoms. The third-order valence-corrected chi connectivity index (χ3v) is 5.18. The summed E-state index contributed by atoms with van der Waals surface area (Å²) in [4.78, 5) is 20.7. The molecule has 0 radical (unpaired) electrons. The third-order valence-electron chi connectivity index (χ3n) is 5.18. The second-order valence-corrected chi connectivity index (χ2v) is 6.85. The predicted octanol–water partition coefficient (Wildman–Crippen LogP) is 2.88. The van der Waals surface area contributed by atoms with Crippen LogP contribution in [0.25, 0.3) is 0 Å². The number of hydrogen-bond acceptors (Lipinski definition) is 5. The molecular weight excluding hydrogens is 323 g/mol. The van der Waals surface area contributed by atoms with Crippen LogP contribution in [-0.4, -0.2) is 40.6 Å². The molecule has 2 fully saturated rings. The van der Waals surface area contributed by atoms with Crippen molar-refractivity contribution in [2.45, 2.75) is 44.2 Å². The minimum Gasteiger partial charge on any atom is -0.338 e. The van der Waals surface area contributed by atoms with Crippen LogP contribution in [0, 0.1) is 5.82 Å². The zero-order chi connectivity index (χ0) is 17.6. The smallest absolute Gasteiger partial charge is 0.244 e. The van der Waals surface area contributed by atoms with Gasteiger partial charge in [-0.2, -0.15) is 4.98 Å². The summed E-state index contributed by atoms with van der Waals surface area (Å²) in [5.74, 6) is 1.25. The lowest BCUT2D eigenvalue weighted by molar-refractivity contribution is -0.122. The van der Waals surface area contributed by atoms with E-state index in [9.17, 15) is 9.18 Å². The van der Waals surface area contributed by atoms with Gasteiger partial charge in [0.25, 0.3) is 0 Å². The number of hydrogen-bond donors (Lipinski definition) is 0. The highest BCUT2D eigenvalue weighted by Crippen LogP contribution is 2.39. The molecule has 132 valence electrons. The maximum Gasteiger partial charge on any atom is 0.244 e. The van der Waals surface area contributed by atoms with Crippen LogP contribution in [-0.2, 0) is 4.79 Å². The first-order valence-corrected chi connectivity index (χ1v) is 8.67. The van der Waals surface area contributed by atoms with E-state index in [0.29, 0.717) is 30.5 Å². The first-order chi connectivity index (χ1) is 12.1. The molecule has 6 nitrogen and oxygen atoms in total. The van der Waals surface area contributed by atoms with Crippen LogP contribution in [0.3, 0.4) is 0 Å². The highest BCUT2D eigenvalue weighted by atomic mass is 19.1. The van der Waals surface area contributed by atoms with E-state index < -0.39 is 0 Å². The molecule has 0 spiro atoms. The van der Waals surface area contributed by atoms with Crippen LogP contribution in [0.2, 0.25) is 0 Å². The number of likely N-dealkylation sites (N-methyl/N-ethyl adjacent to an activating group) is 1. The summed E-state index contributed by atoms with van der Waals surface area (Å²) < 4.78 is 19.4. The van der Waals surface area contributed by atoms with Crippen LogP contribution in [0.15, 0.2) is 28.8 Å². The summed E-state index contributed by atoms with van der Waals surface area (Å²) in [6.45, 7) is 2.45. The van der Waals surface area contributed by atoms with Crippen LogP contribution in [0.4, 0.5) is 10.1 Å². The molecule has 0 N–H and O–H groups in total. The second kappa shape index (κ2) is 6.22. The largest absolute Gasteiger partial charge is 0.338 e. The number of aromatic nitrogens is 2. The second-order valence-electron chi connectivity index (χ2n) is 6.85. The van der Waals surface area contributed by atoms with Crippen molar-refractivity contribution in [1.82, 2.24) is 15.0 Å². The van der Waals surface area contributed by atoms with E-state index in [2.05, 4.69) is 10.1 Å². The van der Waals surface area contributed by atoms with Crippen molar-refractivity contribution in [2.24, 2.45) is 0 Å². The van der Waals surface area contributed by atoms with Gasteiger partial charge in [0, 0.05) is 12.5 Å². The Morgan fingerprint density at radius 2 is 2.08 bits per heavy atom. The molecule has 1 aromatic heterocycles. The van der Waals surface area contributed by atoms with E-state index in [1.54, 1.807) is 18.2 Å². The van der Waals surface area contributed by atoms with E-state index >= 15 is 0 Å². The Bertz CT molecular complexity index is 789. The van der Waals surface area contributed by atoms with Gasteiger partial charge in [0.2, 0.25) is 11.8 Å². The van der Waals surface area contributed by atoms with Crippen molar-refractivity contribution in [1.29, 1.82) is 0 Å². The van der Waals surface area contributed by atoms with Gasteiger partial charge in [-0.1, -0.05) is 17.3 Å². The quantitative estimate of drug-likeness (QED) is 0.835. The van der Waals surface area contributed by atoms with Gasteiger partial charge < -0.3 is 9.42 Å². The molecule has 7 heteroatoms. The number of nitrogens with zero attached hydrogens (tertiary/aromatic N) is 4. The SMILES string of the molecule is C[C@H](c1nc(C2CC2)no1)N(C)[C@@H]1CCN(c2ccccc2F)C1=O. The number of halogens is 1. The van der Waals surface area contributed by atoms with Crippen molar-refractivity contribution in [2.75, 3.05) is 18.5 Å². The maximum absolute atomic E-state index is 14.0. The lowest BCUT2D eigenvalue weighted by atomic mass is 10.1. The molecule has 2 aliphatic rings. The Kier molecular flexibility index (Phi) is 4.03. The van der Waals surface area contributed by atoms with E-state index in [1.165, 1.54) is 11.0 Å². The minimum atomic E-state index is -0.377. The average molecular weight is 344 g/mol. The zero-order valence-electron chi connectivity index (χ0n) is 14.4. The molecule has 0 bridgehead atoms. The standard InChI is InChI=1S/C18H21FN4O2/c1-11(17-20-16(21-25-17)12-7-8-12)22(2)15-9-10-23(18(15)24)14-6-4-3-5-13(14)19/h3-6,11-12,15H,7-10H2,1-2H3/t11-,15-/m1/s1. The molecule has 0 unspecified atom stereocenters. The Labute approximate surface area is 145 Å². The van der Waals surface area contributed by atoms with E-state index in [0.717, 1.165) is 18.7 Å². The molecule has 1 amide bonds.